The average Bonchev–Trinajstić information content (AvgIpc) is 3.14. The third-order valence-electron chi connectivity index (χ3n) is 5.82. The minimum Gasteiger partial charge on any atom is -0.445 e. The lowest BCUT2D eigenvalue weighted by molar-refractivity contribution is -0.136. The van der Waals surface area contributed by atoms with Gasteiger partial charge in [0.2, 0.25) is 11.8 Å². The Morgan fingerprint density at radius 3 is 2.52 bits per heavy atom. The number of ether oxygens (including phenoxy) is 1. The fourth-order valence-corrected chi connectivity index (χ4v) is 4.10. The maximum Gasteiger partial charge on any atom is 0.407 e. The highest BCUT2D eigenvalue weighted by Crippen LogP contribution is 2.22. The van der Waals surface area contributed by atoms with E-state index in [9.17, 15) is 14.4 Å². The SMILES string of the molecule is Cn1cc(C[C@H]2NC(=O)[C@@H](CCCNC(=O)OCc3ccccc3)NC2=O)c2ccccc21. The summed E-state index contributed by atoms with van der Waals surface area (Å²) in [5.74, 6) is -0.394. The first-order chi connectivity index (χ1) is 16.0. The van der Waals surface area contributed by atoms with Gasteiger partial charge in [-0.25, -0.2) is 4.79 Å². The van der Waals surface area contributed by atoms with Gasteiger partial charge in [-0.2, -0.15) is 0 Å². The minimum atomic E-state index is -0.608. The van der Waals surface area contributed by atoms with Gasteiger partial charge in [-0.05, 0) is 30.0 Å². The van der Waals surface area contributed by atoms with Crippen molar-refractivity contribution < 1.29 is 19.1 Å². The van der Waals surface area contributed by atoms with Gasteiger partial charge < -0.3 is 25.3 Å². The summed E-state index contributed by atoms with van der Waals surface area (Å²) in [4.78, 5) is 37.0. The molecule has 4 rings (SSSR count). The minimum absolute atomic E-state index is 0.192. The highest BCUT2D eigenvalue weighted by Gasteiger charge is 2.33. The number of piperazine rings is 1. The summed E-state index contributed by atoms with van der Waals surface area (Å²) in [7, 11) is 1.97. The molecule has 1 saturated heterocycles. The van der Waals surface area contributed by atoms with Gasteiger partial charge in [-0.1, -0.05) is 48.5 Å². The molecule has 172 valence electrons. The molecule has 0 saturated carbocycles. The predicted molar refractivity (Wildman–Crippen MR) is 124 cm³/mol. The number of fused-ring (bicyclic) bond motifs is 1. The lowest BCUT2D eigenvalue weighted by Gasteiger charge is -2.29. The smallest absolute Gasteiger partial charge is 0.407 e. The van der Waals surface area contributed by atoms with Crippen molar-refractivity contribution in [2.75, 3.05) is 6.54 Å². The number of benzene rings is 2. The van der Waals surface area contributed by atoms with E-state index in [1.807, 2.05) is 72.4 Å². The number of para-hydroxylation sites is 1. The largest absolute Gasteiger partial charge is 0.445 e. The number of aromatic nitrogens is 1. The zero-order chi connectivity index (χ0) is 23.2. The molecule has 2 atom stereocenters. The van der Waals surface area contributed by atoms with Crippen molar-refractivity contribution >= 4 is 28.8 Å². The number of hydrogen-bond acceptors (Lipinski definition) is 4. The van der Waals surface area contributed by atoms with Crippen molar-refractivity contribution in [3.05, 3.63) is 71.9 Å². The highest BCUT2D eigenvalue weighted by molar-refractivity contribution is 5.97. The van der Waals surface area contributed by atoms with Crippen molar-refractivity contribution in [3.8, 4) is 0 Å². The number of carbonyl (C=O) groups excluding carboxylic acids is 3. The van der Waals surface area contributed by atoms with Crippen LogP contribution in [0.1, 0.15) is 24.0 Å². The van der Waals surface area contributed by atoms with E-state index < -0.39 is 18.2 Å². The molecule has 0 unspecified atom stereocenters. The van der Waals surface area contributed by atoms with Crippen LogP contribution in [0.2, 0.25) is 0 Å². The molecule has 0 aliphatic carbocycles. The molecule has 1 aliphatic rings. The van der Waals surface area contributed by atoms with E-state index in [2.05, 4.69) is 16.0 Å². The van der Waals surface area contributed by atoms with Gasteiger partial charge >= 0.3 is 6.09 Å². The number of rotatable bonds is 8. The zero-order valence-corrected chi connectivity index (χ0v) is 18.5. The van der Waals surface area contributed by atoms with E-state index in [0.29, 0.717) is 25.8 Å². The maximum absolute atomic E-state index is 12.6. The molecule has 3 N–H and O–H groups in total. The van der Waals surface area contributed by atoms with E-state index in [1.54, 1.807) is 0 Å². The van der Waals surface area contributed by atoms with Gasteiger partial charge in [0.25, 0.3) is 0 Å². The molecule has 0 spiro atoms. The molecule has 33 heavy (non-hydrogen) atoms. The van der Waals surface area contributed by atoms with Crippen LogP contribution in [0.25, 0.3) is 10.9 Å². The summed E-state index contributed by atoms with van der Waals surface area (Å²) in [5.41, 5.74) is 3.01. The Kier molecular flexibility index (Phi) is 6.92. The number of aryl methyl sites for hydroxylation is 1. The van der Waals surface area contributed by atoms with Crippen molar-refractivity contribution in [1.82, 2.24) is 20.5 Å². The first-order valence-corrected chi connectivity index (χ1v) is 11.1. The second-order valence-corrected chi connectivity index (χ2v) is 8.24. The van der Waals surface area contributed by atoms with Crippen LogP contribution >= 0.6 is 0 Å². The summed E-state index contributed by atoms with van der Waals surface area (Å²) in [5, 5.41) is 9.43. The molecule has 2 heterocycles. The number of alkyl carbamates (subject to hydrolysis) is 1. The first-order valence-electron chi connectivity index (χ1n) is 11.1. The van der Waals surface area contributed by atoms with E-state index in [1.165, 1.54) is 0 Å². The van der Waals surface area contributed by atoms with Gasteiger partial charge in [0, 0.05) is 37.1 Å². The predicted octanol–water partition coefficient (Wildman–Crippen LogP) is 2.41. The van der Waals surface area contributed by atoms with Crippen molar-refractivity contribution in [2.24, 2.45) is 7.05 Å². The van der Waals surface area contributed by atoms with E-state index >= 15 is 0 Å². The quantitative estimate of drug-likeness (QED) is 0.461. The number of nitrogens with zero attached hydrogens (tertiary/aromatic N) is 1. The van der Waals surface area contributed by atoms with Crippen molar-refractivity contribution in [2.45, 2.75) is 38.0 Å². The molecule has 3 amide bonds. The third-order valence-corrected chi connectivity index (χ3v) is 5.82. The summed E-state index contributed by atoms with van der Waals surface area (Å²) in [6, 6.07) is 16.2. The monoisotopic (exact) mass is 448 g/mol. The topological polar surface area (TPSA) is 101 Å². The van der Waals surface area contributed by atoms with Crippen molar-refractivity contribution in [1.29, 1.82) is 0 Å². The molecule has 1 aliphatic heterocycles. The Hall–Kier alpha value is -3.81. The fraction of sp³-hybridized carbons (Fsp3) is 0.320. The fourth-order valence-electron chi connectivity index (χ4n) is 4.10. The van der Waals surface area contributed by atoms with Crippen LogP contribution < -0.4 is 16.0 Å². The molecule has 8 heteroatoms. The maximum atomic E-state index is 12.6. The molecule has 8 nitrogen and oxygen atoms in total. The van der Waals surface area contributed by atoms with Crippen LogP contribution in [0.15, 0.2) is 60.8 Å². The third kappa shape index (κ3) is 5.52. The van der Waals surface area contributed by atoms with Crippen LogP contribution in [-0.2, 0) is 34.4 Å². The Labute approximate surface area is 192 Å². The molecule has 1 fully saturated rings. The summed E-state index contributed by atoms with van der Waals surface area (Å²) < 4.78 is 7.18. The first kappa shape index (κ1) is 22.4. The second kappa shape index (κ2) is 10.2. The van der Waals surface area contributed by atoms with Crippen molar-refractivity contribution in [3.63, 3.8) is 0 Å². The lowest BCUT2D eigenvalue weighted by Crippen LogP contribution is -2.62. The number of nitrogens with one attached hydrogen (secondary N) is 3. The average molecular weight is 449 g/mol. The zero-order valence-electron chi connectivity index (χ0n) is 18.5. The highest BCUT2D eigenvalue weighted by atomic mass is 16.5. The molecule has 0 bridgehead atoms. The molecule has 3 aromatic rings. The van der Waals surface area contributed by atoms with Gasteiger partial charge in [0.05, 0.1) is 0 Å². The normalized spacial score (nSPS) is 18.0. The van der Waals surface area contributed by atoms with E-state index in [4.69, 9.17) is 4.74 Å². The molecular weight excluding hydrogens is 420 g/mol. The van der Waals surface area contributed by atoms with Crippen LogP contribution in [0.3, 0.4) is 0 Å². The van der Waals surface area contributed by atoms with Crippen LogP contribution in [0.4, 0.5) is 4.79 Å². The lowest BCUT2D eigenvalue weighted by atomic mass is 10.00. The van der Waals surface area contributed by atoms with E-state index in [0.717, 1.165) is 22.0 Å². The second-order valence-electron chi connectivity index (χ2n) is 8.24. The molecule has 2 aromatic carbocycles. The Morgan fingerprint density at radius 1 is 1.00 bits per heavy atom. The Bertz CT molecular complexity index is 1140. The molecule has 0 radical (unpaired) electrons. The van der Waals surface area contributed by atoms with Gasteiger partial charge in [0.1, 0.15) is 18.7 Å². The summed E-state index contributed by atoms with van der Waals surface area (Å²) in [6.45, 7) is 0.554. The number of amides is 3. The molecule has 1 aromatic heterocycles. The Morgan fingerprint density at radius 2 is 1.70 bits per heavy atom. The summed E-state index contributed by atoms with van der Waals surface area (Å²) in [6.07, 6.45) is 2.88. The number of hydrogen-bond donors (Lipinski definition) is 3. The van der Waals surface area contributed by atoms with Gasteiger partial charge in [-0.15, -0.1) is 0 Å². The number of carbonyl (C=O) groups is 3. The summed E-state index contributed by atoms with van der Waals surface area (Å²) >= 11 is 0. The van der Waals surface area contributed by atoms with Gasteiger partial charge in [0.15, 0.2) is 0 Å². The standard InChI is InChI=1S/C25H28N4O4/c1-29-15-18(19-10-5-6-12-22(19)29)14-21-24(31)27-20(23(30)28-21)11-7-13-26-25(32)33-16-17-8-3-2-4-9-17/h2-6,8-10,12,15,20-21H,7,11,13-14,16H2,1H3,(H,26,32)(H,27,31)(H,28,30)/t20-,21-/m1/s1. The van der Waals surface area contributed by atoms with Gasteiger partial charge in [-0.3, -0.25) is 9.59 Å². The van der Waals surface area contributed by atoms with E-state index in [-0.39, 0.29) is 18.4 Å². The Balaban J connectivity index is 1.21. The van der Waals surface area contributed by atoms with Crippen LogP contribution in [0.5, 0.6) is 0 Å². The molecular formula is C25H28N4O4. The van der Waals surface area contributed by atoms with Crippen LogP contribution in [0, 0.1) is 0 Å². The van der Waals surface area contributed by atoms with Crippen LogP contribution in [-0.4, -0.2) is 41.1 Å².